The third-order valence-electron chi connectivity index (χ3n) is 5.62. The quantitative estimate of drug-likeness (QED) is 0.340. The molecule has 164 valence electrons. The molecular weight excluding hydrogens is 410 g/mol. The molecule has 0 unspecified atom stereocenters. The van der Waals surface area contributed by atoms with Crippen molar-refractivity contribution in [3.63, 3.8) is 0 Å². The molecule has 0 bridgehead atoms. The molecule has 0 aliphatic heterocycles. The lowest BCUT2D eigenvalue weighted by atomic mass is 9.98. The van der Waals surface area contributed by atoms with Crippen molar-refractivity contribution in [2.24, 2.45) is 5.73 Å². The highest BCUT2D eigenvalue weighted by molar-refractivity contribution is 5.94. The molecule has 0 radical (unpaired) electrons. The van der Waals surface area contributed by atoms with Crippen molar-refractivity contribution >= 4 is 16.7 Å². The number of nitrogens with two attached hydrogens (primary N) is 2. The number of nitrogens with zero attached hydrogens (tertiary/aromatic N) is 2. The molecule has 5 rings (SSSR count). The summed E-state index contributed by atoms with van der Waals surface area (Å²) in [5.41, 5.74) is 18.3. The summed E-state index contributed by atoms with van der Waals surface area (Å²) < 4.78 is 6.06. The number of rotatable bonds is 7. The second-order valence-corrected chi connectivity index (χ2v) is 8.06. The Labute approximate surface area is 192 Å². The molecule has 0 spiro atoms. The van der Waals surface area contributed by atoms with E-state index in [0.29, 0.717) is 18.2 Å². The molecule has 3 aromatic carbocycles. The largest absolute Gasteiger partial charge is 0.490 e. The van der Waals surface area contributed by atoms with Crippen LogP contribution in [0.15, 0.2) is 91.1 Å². The fourth-order valence-corrected chi connectivity index (χ4v) is 3.95. The number of H-pyrrole nitrogens is 1. The fraction of sp³-hybridized carbons (Fsp3) is 0.111. The lowest BCUT2D eigenvalue weighted by Crippen LogP contribution is -2.30. The van der Waals surface area contributed by atoms with Gasteiger partial charge < -0.3 is 16.2 Å². The van der Waals surface area contributed by atoms with Gasteiger partial charge in [0.25, 0.3) is 0 Å². The summed E-state index contributed by atoms with van der Waals surface area (Å²) in [5.74, 6) is 1.15. The van der Waals surface area contributed by atoms with Gasteiger partial charge in [-0.05, 0) is 35.7 Å². The number of aromatic nitrogens is 3. The number of hydrogen-bond acceptors (Lipinski definition) is 5. The van der Waals surface area contributed by atoms with Gasteiger partial charge in [-0.2, -0.15) is 5.10 Å². The zero-order valence-electron chi connectivity index (χ0n) is 18.1. The summed E-state index contributed by atoms with van der Waals surface area (Å²) in [6.45, 7) is 0.397. The summed E-state index contributed by atoms with van der Waals surface area (Å²) in [5, 5.41) is 7.94. The molecule has 33 heavy (non-hydrogen) atoms. The van der Waals surface area contributed by atoms with E-state index in [4.69, 9.17) is 21.2 Å². The Morgan fingerprint density at radius 2 is 1.64 bits per heavy atom. The van der Waals surface area contributed by atoms with E-state index in [1.54, 1.807) is 6.20 Å². The van der Waals surface area contributed by atoms with Crippen LogP contribution in [-0.4, -0.2) is 27.8 Å². The van der Waals surface area contributed by atoms with E-state index < -0.39 is 0 Å². The van der Waals surface area contributed by atoms with Gasteiger partial charge in [-0.1, -0.05) is 66.7 Å². The Kier molecular flexibility index (Phi) is 5.74. The minimum Gasteiger partial charge on any atom is -0.490 e. The lowest BCUT2D eigenvalue weighted by Gasteiger charge is -2.16. The summed E-state index contributed by atoms with van der Waals surface area (Å²) in [6.07, 6.45) is 2.51. The standard InChI is InChI=1S/C27H25N5O/c28-21(13-18-7-3-1-4-8-18)17-33-22-15-23(26(30-16-22)19-9-5-2-6-10-19)20-11-12-25-24(14-20)27(29)32-31-25/h1-12,14-16,21H,13,17,28H2,(H3,29,31,32)/t21-/m0/s1. The van der Waals surface area contributed by atoms with E-state index in [1.165, 1.54) is 5.56 Å². The van der Waals surface area contributed by atoms with Gasteiger partial charge in [-0.15, -0.1) is 0 Å². The molecule has 5 aromatic rings. The zero-order chi connectivity index (χ0) is 22.6. The van der Waals surface area contributed by atoms with E-state index in [1.807, 2.05) is 72.8 Å². The molecule has 0 aliphatic rings. The van der Waals surface area contributed by atoms with E-state index >= 15 is 0 Å². The van der Waals surface area contributed by atoms with Crippen molar-refractivity contribution < 1.29 is 4.74 Å². The maximum atomic E-state index is 6.32. The van der Waals surface area contributed by atoms with Crippen LogP contribution in [0.25, 0.3) is 33.3 Å². The minimum atomic E-state index is -0.119. The molecule has 0 fully saturated rings. The number of fused-ring (bicyclic) bond motifs is 1. The van der Waals surface area contributed by atoms with Crippen molar-refractivity contribution in [2.75, 3.05) is 12.3 Å². The van der Waals surface area contributed by atoms with Gasteiger partial charge in [0.15, 0.2) is 5.82 Å². The summed E-state index contributed by atoms with van der Waals surface area (Å²) in [4.78, 5) is 4.76. The van der Waals surface area contributed by atoms with Crippen LogP contribution < -0.4 is 16.2 Å². The number of nitrogens with one attached hydrogen (secondary N) is 1. The van der Waals surface area contributed by atoms with Gasteiger partial charge in [0.1, 0.15) is 12.4 Å². The molecule has 5 N–H and O–H groups in total. The van der Waals surface area contributed by atoms with E-state index in [2.05, 4.69) is 22.3 Å². The fourth-order valence-electron chi connectivity index (χ4n) is 3.95. The SMILES string of the molecule is Nc1n[nH]c2ccc(-c3cc(OC[C@@H](N)Cc4ccccc4)cnc3-c3ccccc3)cc12. The Hall–Kier alpha value is -4.16. The maximum Gasteiger partial charge on any atom is 0.153 e. The van der Waals surface area contributed by atoms with Gasteiger partial charge >= 0.3 is 0 Å². The van der Waals surface area contributed by atoms with Crippen LogP contribution >= 0.6 is 0 Å². The normalized spacial score (nSPS) is 12.0. The molecule has 0 saturated carbocycles. The molecule has 2 heterocycles. The van der Waals surface area contributed by atoms with Crippen LogP contribution in [0, 0.1) is 0 Å². The van der Waals surface area contributed by atoms with Crippen molar-refractivity contribution in [3.05, 3.63) is 96.7 Å². The Balaban J connectivity index is 1.46. The monoisotopic (exact) mass is 435 g/mol. The zero-order valence-corrected chi connectivity index (χ0v) is 18.1. The molecule has 0 saturated heterocycles. The highest BCUT2D eigenvalue weighted by atomic mass is 16.5. The van der Waals surface area contributed by atoms with Gasteiger partial charge in [-0.25, -0.2) is 0 Å². The van der Waals surface area contributed by atoms with Crippen LogP contribution in [0.4, 0.5) is 5.82 Å². The van der Waals surface area contributed by atoms with Crippen molar-refractivity contribution in [2.45, 2.75) is 12.5 Å². The van der Waals surface area contributed by atoms with Gasteiger partial charge in [-0.3, -0.25) is 10.1 Å². The smallest absolute Gasteiger partial charge is 0.153 e. The first-order chi connectivity index (χ1) is 16.2. The molecule has 0 amide bonds. The second kappa shape index (κ2) is 9.14. The maximum absolute atomic E-state index is 6.32. The first kappa shape index (κ1) is 20.7. The van der Waals surface area contributed by atoms with E-state index in [0.717, 1.165) is 39.7 Å². The topological polar surface area (TPSA) is 103 Å². The molecular formula is C27H25N5O. The molecule has 1 atom stereocenters. The van der Waals surface area contributed by atoms with Crippen LogP contribution in [-0.2, 0) is 6.42 Å². The number of aromatic amines is 1. The minimum absolute atomic E-state index is 0.119. The molecule has 2 aromatic heterocycles. The highest BCUT2D eigenvalue weighted by Gasteiger charge is 2.14. The van der Waals surface area contributed by atoms with Gasteiger partial charge in [0.2, 0.25) is 0 Å². The summed E-state index contributed by atoms with van der Waals surface area (Å²) in [6, 6.07) is 28.2. The van der Waals surface area contributed by atoms with Crippen molar-refractivity contribution in [1.82, 2.24) is 15.2 Å². The molecule has 6 nitrogen and oxygen atoms in total. The van der Waals surface area contributed by atoms with Gasteiger partial charge in [0, 0.05) is 22.6 Å². The first-order valence-electron chi connectivity index (χ1n) is 10.9. The van der Waals surface area contributed by atoms with Crippen LogP contribution in [0.2, 0.25) is 0 Å². The predicted octanol–water partition coefficient (Wildman–Crippen LogP) is 4.82. The average molecular weight is 436 g/mol. The predicted molar refractivity (Wildman–Crippen MR) is 133 cm³/mol. The molecule has 6 heteroatoms. The highest BCUT2D eigenvalue weighted by Crippen LogP contribution is 2.35. The van der Waals surface area contributed by atoms with E-state index in [9.17, 15) is 0 Å². The number of pyridine rings is 1. The Morgan fingerprint density at radius 3 is 2.42 bits per heavy atom. The summed E-state index contributed by atoms with van der Waals surface area (Å²) >= 11 is 0. The Bertz CT molecular complexity index is 1370. The number of benzene rings is 3. The third kappa shape index (κ3) is 4.56. The second-order valence-electron chi connectivity index (χ2n) is 8.06. The Morgan fingerprint density at radius 1 is 0.879 bits per heavy atom. The third-order valence-corrected chi connectivity index (χ3v) is 5.62. The first-order valence-corrected chi connectivity index (χ1v) is 10.9. The van der Waals surface area contributed by atoms with Crippen molar-refractivity contribution in [1.29, 1.82) is 0 Å². The molecule has 0 aliphatic carbocycles. The number of ether oxygens (including phenoxy) is 1. The summed E-state index contributed by atoms with van der Waals surface area (Å²) in [7, 11) is 0. The van der Waals surface area contributed by atoms with Crippen LogP contribution in [0.1, 0.15) is 5.56 Å². The number of anilines is 1. The van der Waals surface area contributed by atoms with Crippen LogP contribution in [0.5, 0.6) is 5.75 Å². The number of hydrogen-bond donors (Lipinski definition) is 3. The van der Waals surface area contributed by atoms with Crippen molar-refractivity contribution in [3.8, 4) is 28.1 Å². The lowest BCUT2D eigenvalue weighted by molar-refractivity contribution is 0.287. The van der Waals surface area contributed by atoms with Gasteiger partial charge in [0.05, 0.1) is 17.4 Å². The van der Waals surface area contributed by atoms with Crippen LogP contribution in [0.3, 0.4) is 0 Å². The average Bonchev–Trinajstić information content (AvgIpc) is 3.24. The number of nitrogen functional groups attached to an aromatic ring is 1. The van der Waals surface area contributed by atoms with E-state index in [-0.39, 0.29) is 6.04 Å².